The molecule has 0 aromatic carbocycles. The molecule has 2 rings (SSSR count). The molecule has 0 spiro atoms. The van der Waals surface area contributed by atoms with Crippen molar-refractivity contribution in [3.8, 4) is 0 Å². The Balaban J connectivity index is 1.83. The van der Waals surface area contributed by atoms with E-state index in [0.29, 0.717) is 0 Å². The van der Waals surface area contributed by atoms with Crippen molar-refractivity contribution < 1.29 is 9.60 Å². The predicted octanol–water partition coefficient (Wildman–Crippen LogP) is 1.60. The zero-order valence-electron chi connectivity index (χ0n) is 10.1. The van der Waals surface area contributed by atoms with Crippen LogP contribution in [0, 0.1) is 11.8 Å². The molecule has 3 heteroatoms. The number of allylic oxidation sites excluding steroid dienone is 1. The van der Waals surface area contributed by atoms with Gasteiger partial charge in [-0.2, -0.15) is 0 Å². The maximum atomic E-state index is 8.88. The van der Waals surface area contributed by atoms with E-state index >= 15 is 0 Å². The van der Waals surface area contributed by atoms with Gasteiger partial charge in [0.1, 0.15) is 0 Å². The van der Waals surface area contributed by atoms with Gasteiger partial charge in [0, 0.05) is 0 Å². The Morgan fingerprint density at radius 2 is 2.12 bits per heavy atom. The molecule has 0 radical (unpaired) electrons. The molecule has 0 aromatic rings. The first-order valence-corrected chi connectivity index (χ1v) is 6.38. The molecule has 16 heavy (non-hydrogen) atoms. The quantitative estimate of drug-likeness (QED) is 0.552. The number of hydrogen-bond acceptors (Lipinski definition) is 1. The molecule has 86 valence electrons. The molecule has 0 aromatic heterocycles. The van der Waals surface area contributed by atoms with Crippen molar-refractivity contribution in [2.24, 2.45) is 11.8 Å². The first kappa shape index (κ1) is 11.6. The Hall–Kier alpha value is -0.855. The first-order valence-electron chi connectivity index (χ1n) is 6.38. The van der Waals surface area contributed by atoms with Crippen molar-refractivity contribution >= 4 is 18.8 Å². The summed E-state index contributed by atoms with van der Waals surface area (Å²) < 4.78 is 2.29. The van der Waals surface area contributed by atoms with Crippen molar-refractivity contribution in [1.29, 1.82) is 0 Å². The van der Waals surface area contributed by atoms with Crippen molar-refractivity contribution in [2.75, 3.05) is 6.54 Å². The van der Waals surface area contributed by atoms with Crippen molar-refractivity contribution in [3.05, 3.63) is 12.3 Å². The van der Waals surface area contributed by atoms with E-state index in [9.17, 15) is 0 Å². The fourth-order valence-electron chi connectivity index (χ4n) is 2.58. The van der Waals surface area contributed by atoms with E-state index in [4.69, 9.17) is 5.02 Å². The fourth-order valence-corrected chi connectivity index (χ4v) is 2.58. The Bertz CT molecular complexity index is 325. The third kappa shape index (κ3) is 3.07. The van der Waals surface area contributed by atoms with E-state index < -0.39 is 0 Å². The molecule has 1 aliphatic carbocycles. The van der Waals surface area contributed by atoms with Gasteiger partial charge in [0.05, 0.1) is 0 Å². The molecule has 0 bridgehead atoms. The van der Waals surface area contributed by atoms with E-state index in [2.05, 4.69) is 23.9 Å². The van der Waals surface area contributed by atoms with Crippen LogP contribution in [0.5, 0.6) is 0 Å². The zero-order valence-corrected chi connectivity index (χ0v) is 10.1. The van der Waals surface area contributed by atoms with Crippen LogP contribution < -0.4 is 0 Å². The average molecular weight is 218 g/mol. The summed E-state index contributed by atoms with van der Waals surface area (Å²) in [7, 11) is 1.20. The summed E-state index contributed by atoms with van der Waals surface area (Å²) in [6, 6.07) is 0. The van der Waals surface area contributed by atoms with Crippen LogP contribution >= 0.6 is 0 Å². The average Bonchev–Trinajstić information content (AvgIpc) is 2.33. The first-order chi connectivity index (χ1) is 7.78. The molecule has 1 aliphatic heterocycles. The van der Waals surface area contributed by atoms with Crippen LogP contribution in [0.4, 0.5) is 0 Å². The van der Waals surface area contributed by atoms with E-state index in [1.54, 1.807) is 0 Å². The fraction of sp³-hybridized carbons (Fsp3) is 0.692. The van der Waals surface area contributed by atoms with Gasteiger partial charge in [-0.1, -0.05) is 0 Å². The van der Waals surface area contributed by atoms with Gasteiger partial charge in [0.25, 0.3) is 0 Å². The third-order valence-corrected chi connectivity index (χ3v) is 3.81. The Kier molecular flexibility index (Phi) is 3.97. The summed E-state index contributed by atoms with van der Waals surface area (Å²) >= 11 is 0. The van der Waals surface area contributed by atoms with Crippen LogP contribution in [0.25, 0.3) is 0 Å². The molecule has 0 unspecified atom stereocenters. The van der Waals surface area contributed by atoms with E-state index in [-0.39, 0.29) is 0 Å². The molecule has 2 aliphatic rings. The summed E-state index contributed by atoms with van der Waals surface area (Å²) in [6.07, 6.45) is 12.7. The van der Waals surface area contributed by atoms with Crippen LogP contribution in [0.3, 0.4) is 0 Å². The molecule has 0 atom stereocenters. The molecule has 1 N–H and O–H groups in total. The van der Waals surface area contributed by atoms with Crippen LogP contribution in [0.1, 0.15) is 39.0 Å². The van der Waals surface area contributed by atoms with Crippen LogP contribution in [-0.2, 0) is 0 Å². The van der Waals surface area contributed by atoms with Crippen LogP contribution in [0.15, 0.2) is 12.3 Å². The van der Waals surface area contributed by atoms with Gasteiger partial charge in [-0.05, 0) is 0 Å². The van der Waals surface area contributed by atoms with Crippen molar-refractivity contribution in [1.82, 2.24) is 0 Å². The molecule has 1 saturated carbocycles. The second-order valence-electron chi connectivity index (χ2n) is 5.23. The summed E-state index contributed by atoms with van der Waals surface area (Å²) in [5, 5.41) is 8.88. The Morgan fingerprint density at radius 1 is 1.38 bits per heavy atom. The van der Waals surface area contributed by atoms with Gasteiger partial charge in [-0.25, -0.2) is 0 Å². The van der Waals surface area contributed by atoms with Crippen molar-refractivity contribution in [3.63, 3.8) is 0 Å². The van der Waals surface area contributed by atoms with Crippen LogP contribution in [0.2, 0.25) is 0 Å². The van der Waals surface area contributed by atoms with E-state index in [0.717, 1.165) is 30.3 Å². The minimum absolute atomic E-state index is 0.857. The summed E-state index contributed by atoms with van der Waals surface area (Å²) in [5.74, 6) is 1.79. The summed E-state index contributed by atoms with van der Waals surface area (Å²) in [5.41, 5.74) is 0.994. The Morgan fingerprint density at radius 3 is 2.69 bits per heavy atom. The van der Waals surface area contributed by atoms with Gasteiger partial charge in [-0.15, -0.1) is 0 Å². The summed E-state index contributed by atoms with van der Waals surface area (Å²) in [4.78, 5) is 0. The standard InChI is InChI=1S/C13H21BNO/c1-11-2-4-12(5-3-11)10-15-8-6-13(14-16)7-9-15/h6,8-9,11-12,16H,2-5,7,10H2,1H3/q+1. The monoisotopic (exact) mass is 218 g/mol. The minimum atomic E-state index is 0.857. The zero-order chi connectivity index (χ0) is 11.4. The number of rotatable bonds is 2. The molecule has 0 amide bonds. The van der Waals surface area contributed by atoms with Gasteiger partial charge in [0.15, 0.2) is 0 Å². The number of nitrogens with zero attached hydrogens (tertiary/aromatic N) is 1. The second-order valence-corrected chi connectivity index (χ2v) is 5.23. The Labute approximate surface area is 98.6 Å². The van der Waals surface area contributed by atoms with E-state index in [1.807, 2.05) is 6.08 Å². The molecule has 1 heterocycles. The van der Waals surface area contributed by atoms with Gasteiger partial charge >= 0.3 is 98.1 Å². The van der Waals surface area contributed by atoms with Crippen LogP contribution in [-0.4, -0.2) is 34.9 Å². The normalized spacial score (nSPS) is 32.3. The van der Waals surface area contributed by atoms with Crippen molar-refractivity contribution in [2.45, 2.75) is 39.0 Å². The van der Waals surface area contributed by atoms with Gasteiger partial charge < -0.3 is 0 Å². The molecular formula is C13H21BNO+. The van der Waals surface area contributed by atoms with Gasteiger partial charge in [0.2, 0.25) is 0 Å². The molecule has 0 saturated heterocycles. The molecule has 2 nitrogen and oxygen atoms in total. The topological polar surface area (TPSA) is 23.2 Å². The van der Waals surface area contributed by atoms with E-state index in [1.165, 1.54) is 32.8 Å². The van der Waals surface area contributed by atoms with Gasteiger partial charge in [-0.3, -0.25) is 0 Å². The second kappa shape index (κ2) is 5.47. The third-order valence-electron chi connectivity index (χ3n) is 3.81. The maximum absolute atomic E-state index is 8.88. The summed E-state index contributed by atoms with van der Waals surface area (Å²) in [6.45, 7) is 3.52. The SMILES string of the molecule is CC1CCC(C[N+]2=CCC(=BO)C=C2)CC1. The molecule has 1 fully saturated rings. The predicted molar refractivity (Wildman–Crippen MR) is 69.1 cm³/mol. The number of hydrogen-bond donors (Lipinski definition) is 1. The molecular weight excluding hydrogens is 197 g/mol.